The molecule has 0 bridgehead atoms. The fourth-order valence-corrected chi connectivity index (χ4v) is 1.41. The number of amides is 1. The zero-order valence-electron chi connectivity index (χ0n) is 11.0. The van der Waals surface area contributed by atoms with Gasteiger partial charge >= 0.3 is 12.1 Å². The lowest BCUT2D eigenvalue weighted by molar-refractivity contribution is -0.143. The number of carbonyl (C=O) groups is 2. The number of ether oxygens (including phenoxy) is 2. The van der Waals surface area contributed by atoms with Gasteiger partial charge in [0.25, 0.3) is 0 Å². The number of hydrogen-bond donors (Lipinski definition) is 1. The van der Waals surface area contributed by atoms with Crippen molar-refractivity contribution in [1.82, 2.24) is 5.32 Å². The van der Waals surface area contributed by atoms with E-state index in [4.69, 9.17) is 0 Å². The van der Waals surface area contributed by atoms with Crippen molar-refractivity contribution in [1.29, 1.82) is 0 Å². The number of alkyl carbamates (subject to hydrolysis) is 1. The van der Waals surface area contributed by atoms with Crippen molar-refractivity contribution in [2.45, 2.75) is 39.5 Å². The normalized spacial score (nSPS) is 11.7. The second-order valence-corrected chi connectivity index (χ2v) is 3.95. The third-order valence-electron chi connectivity index (χ3n) is 2.63. The molecule has 0 aromatic heterocycles. The lowest BCUT2D eigenvalue weighted by Crippen LogP contribution is -2.31. The zero-order chi connectivity index (χ0) is 13.1. The first-order valence-corrected chi connectivity index (χ1v) is 6.11. The van der Waals surface area contributed by atoms with Crippen molar-refractivity contribution in [3.63, 3.8) is 0 Å². The van der Waals surface area contributed by atoms with Gasteiger partial charge in [-0.25, -0.2) is 9.59 Å². The van der Waals surface area contributed by atoms with Crippen LogP contribution < -0.4 is 5.32 Å². The lowest BCUT2D eigenvalue weighted by atomic mass is 10.00. The molecule has 100 valence electrons. The molecule has 17 heavy (non-hydrogen) atoms. The Morgan fingerprint density at radius 2 is 2.00 bits per heavy atom. The molecule has 5 heteroatoms. The molecule has 0 saturated heterocycles. The van der Waals surface area contributed by atoms with Gasteiger partial charge < -0.3 is 14.8 Å². The molecule has 0 aliphatic carbocycles. The summed E-state index contributed by atoms with van der Waals surface area (Å²) in [6, 6.07) is 0. The van der Waals surface area contributed by atoms with Crippen LogP contribution in [-0.4, -0.2) is 32.3 Å². The maximum atomic E-state index is 11.2. The monoisotopic (exact) mass is 245 g/mol. The van der Waals surface area contributed by atoms with Crippen molar-refractivity contribution in [2.75, 3.05) is 20.3 Å². The van der Waals surface area contributed by atoms with E-state index in [1.165, 1.54) is 7.11 Å². The summed E-state index contributed by atoms with van der Waals surface area (Å²) in [5.74, 6) is -0.0844. The van der Waals surface area contributed by atoms with Gasteiger partial charge in [-0.1, -0.05) is 33.1 Å². The Hall–Kier alpha value is -1.26. The standard InChI is InChI=1S/C12H23NO4/c1-4-6-7-10(5-2)8-13-12(15)17-9-11(14)16-3/h10H,4-9H2,1-3H3,(H,13,15). The summed E-state index contributed by atoms with van der Waals surface area (Å²) in [5, 5.41) is 2.65. The molecule has 0 aromatic rings. The first-order chi connectivity index (χ1) is 8.13. The van der Waals surface area contributed by atoms with E-state index in [0.717, 1.165) is 25.7 Å². The van der Waals surface area contributed by atoms with Crippen LogP contribution >= 0.6 is 0 Å². The molecule has 1 amide bonds. The summed E-state index contributed by atoms with van der Waals surface area (Å²) >= 11 is 0. The summed E-state index contributed by atoms with van der Waals surface area (Å²) in [7, 11) is 1.25. The molecule has 0 heterocycles. The van der Waals surface area contributed by atoms with Crippen LogP contribution in [0.4, 0.5) is 4.79 Å². The van der Waals surface area contributed by atoms with Crippen LogP contribution in [0, 0.1) is 5.92 Å². The fraction of sp³-hybridized carbons (Fsp3) is 0.833. The first-order valence-electron chi connectivity index (χ1n) is 6.11. The molecule has 0 aromatic carbocycles. The molecule has 0 rings (SSSR count). The predicted molar refractivity (Wildman–Crippen MR) is 64.7 cm³/mol. The fourth-order valence-electron chi connectivity index (χ4n) is 1.41. The van der Waals surface area contributed by atoms with Crippen molar-refractivity contribution >= 4 is 12.1 Å². The highest BCUT2D eigenvalue weighted by Crippen LogP contribution is 2.11. The first kappa shape index (κ1) is 15.7. The van der Waals surface area contributed by atoms with Gasteiger partial charge in [-0.15, -0.1) is 0 Å². The second-order valence-electron chi connectivity index (χ2n) is 3.95. The summed E-state index contributed by atoms with van der Waals surface area (Å²) in [6.45, 7) is 4.50. The minimum absolute atomic E-state index is 0.339. The highest BCUT2D eigenvalue weighted by Gasteiger charge is 2.10. The largest absolute Gasteiger partial charge is 0.466 e. The van der Waals surface area contributed by atoms with Crippen LogP contribution in [0.25, 0.3) is 0 Å². The Morgan fingerprint density at radius 1 is 1.29 bits per heavy atom. The minimum Gasteiger partial charge on any atom is -0.466 e. The van der Waals surface area contributed by atoms with Gasteiger partial charge in [0, 0.05) is 6.54 Å². The molecule has 0 radical (unpaired) electrons. The Labute approximate surface area is 103 Å². The van der Waals surface area contributed by atoms with Crippen LogP contribution in [0.15, 0.2) is 0 Å². The molecular weight excluding hydrogens is 222 g/mol. The topological polar surface area (TPSA) is 64.6 Å². The van der Waals surface area contributed by atoms with Crippen LogP contribution in [-0.2, 0) is 14.3 Å². The van der Waals surface area contributed by atoms with Crippen molar-refractivity contribution < 1.29 is 19.1 Å². The number of nitrogens with one attached hydrogen (secondary N) is 1. The molecule has 0 spiro atoms. The number of carbonyl (C=O) groups excluding carboxylic acids is 2. The average molecular weight is 245 g/mol. The predicted octanol–water partition coefficient (Wildman–Crippen LogP) is 2.10. The SMILES string of the molecule is CCCCC(CC)CNC(=O)OCC(=O)OC. The van der Waals surface area contributed by atoms with E-state index in [9.17, 15) is 9.59 Å². The summed E-state index contributed by atoms with van der Waals surface area (Å²) in [4.78, 5) is 21.9. The molecule has 0 aliphatic rings. The molecule has 5 nitrogen and oxygen atoms in total. The van der Waals surface area contributed by atoms with E-state index in [-0.39, 0.29) is 6.61 Å². The Balaban J connectivity index is 3.69. The van der Waals surface area contributed by atoms with Gasteiger partial charge in [0.2, 0.25) is 0 Å². The Bertz CT molecular complexity index is 231. The van der Waals surface area contributed by atoms with Crippen LogP contribution in [0.3, 0.4) is 0 Å². The smallest absolute Gasteiger partial charge is 0.407 e. The van der Waals surface area contributed by atoms with Gasteiger partial charge in [0.05, 0.1) is 7.11 Å². The van der Waals surface area contributed by atoms with E-state index < -0.39 is 12.1 Å². The molecule has 1 atom stereocenters. The molecule has 0 saturated carbocycles. The van der Waals surface area contributed by atoms with Crippen LogP contribution in [0.1, 0.15) is 39.5 Å². The zero-order valence-corrected chi connectivity index (χ0v) is 11.0. The highest BCUT2D eigenvalue weighted by atomic mass is 16.6. The molecular formula is C12H23NO4. The third-order valence-corrected chi connectivity index (χ3v) is 2.63. The number of rotatable bonds is 8. The molecule has 1 unspecified atom stereocenters. The highest BCUT2D eigenvalue weighted by molar-refractivity contribution is 5.75. The Morgan fingerprint density at radius 3 is 2.53 bits per heavy atom. The van der Waals surface area contributed by atoms with Gasteiger partial charge in [-0.2, -0.15) is 0 Å². The van der Waals surface area contributed by atoms with Gasteiger partial charge in [-0.05, 0) is 12.3 Å². The van der Waals surface area contributed by atoms with Crippen LogP contribution in [0.5, 0.6) is 0 Å². The van der Waals surface area contributed by atoms with Crippen LogP contribution in [0.2, 0.25) is 0 Å². The minimum atomic E-state index is -0.564. The van der Waals surface area contributed by atoms with E-state index >= 15 is 0 Å². The van der Waals surface area contributed by atoms with E-state index in [2.05, 4.69) is 28.6 Å². The van der Waals surface area contributed by atoms with E-state index in [1.54, 1.807) is 0 Å². The number of hydrogen-bond acceptors (Lipinski definition) is 4. The Kier molecular flexibility index (Phi) is 9.19. The number of esters is 1. The van der Waals surface area contributed by atoms with Crippen molar-refractivity contribution in [3.05, 3.63) is 0 Å². The summed E-state index contributed by atoms with van der Waals surface area (Å²) in [6.07, 6.45) is 3.88. The number of methoxy groups -OCH3 is 1. The van der Waals surface area contributed by atoms with E-state index in [1.807, 2.05) is 0 Å². The average Bonchev–Trinajstić information content (AvgIpc) is 2.36. The molecule has 0 aliphatic heterocycles. The quantitative estimate of drug-likeness (QED) is 0.665. The molecule has 1 N–H and O–H groups in total. The maximum Gasteiger partial charge on any atom is 0.407 e. The third kappa shape index (κ3) is 8.54. The second kappa shape index (κ2) is 9.93. The summed E-state index contributed by atoms with van der Waals surface area (Å²) in [5.41, 5.74) is 0. The van der Waals surface area contributed by atoms with Gasteiger partial charge in [0.15, 0.2) is 6.61 Å². The molecule has 0 fully saturated rings. The van der Waals surface area contributed by atoms with Crippen molar-refractivity contribution in [2.24, 2.45) is 5.92 Å². The summed E-state index contributed by atoms with van der Waals surface area (Å²) < 4.78 is 9.03. The van der Waals surface area contributed by atoms with Crippen molar-refractivity contribution in [3.8, 4) is 0 Å². The lowest BCUT2D eigenvalue weighted by Gasteiger charge is -2.14. The van der Waals surface area contributed by atoms with Gasteiger partial charge in [0.1, 0.15) is 0 Å². The van der Waals surface area contributed by atoms with E-state index in [0.29, 0.717) is 12.5 Å². The van der Waals surface area contributed by atoms with Gasteiger partial charge in [-0.3, -0.25) is 0 Å². The maximum absolute atomic E-state index is 11.2. The number of unbranched alkanes of at least 4 members (excludes halogenated alkanes) is 1.